The molecule has 4 heterocycles. The number of unbranched alkanes of at least 4 members (excludes halogenated alkanes) is 3. The second-order valence-electron chi connectivity index (χ2n) is 15.2. The fourth-order valence-corrected chi connectivity index (χ4v) is 9.43. The molecule has 7 rings (SSSR count). The molecule has 16 nitrogen and oxygen atoms in total. The lowest BCUT2D eigenvalue weighted by Crippen LogP contribution is -2.52. The first-order valence-electron chi connectivity index (χ1n) is 20.6. The highest BCUT2D eigenvalue weighted by Gasteiger charge is 2.40. The third kappa shape index (κ3) is 10.3. The predicted octanol–water partition coefficient (Wildman–Crippen LogP) is 6.73. The topological polar surface area (TPSA) is 188 Å². The minimum Gasteiger partial charge on any atom is -0.494 e. The first-order valence-corrected chi connectivity index (χ1v) is 22.6. The SMILES string of the molecule is COc1cc(N2CCC(NCCCCCCNc3cccc4c3CN(C3CCC(=O)NC3=O)C4=O)CC2)ccc1Nc1ncc(Cl)c(Nc2ccccc2P(=O)(OC)OC)n1. The van der Waals surface area contributed by atoms with Gasteiger partial charge in [-0.3, -0.25) is 24.3 Å². The van der Waals surface area contributed by atoms with Gasteiger partial charge in [0.2, 0.25) is 17.8 Å². The van der Waals surface area contributed by atoms with Gasteiger partial charge in [0.25, 0.3) is 5.91 Å². The van der Waals surface area contributed by atoms with E-state index < -0.39 is 19.5 Å². The average molecular weight is 874 g/mol. The van der Waals surface area contributed by atoms with Crippen molar-refractivity contribution in [2.75, 3.05) is 68.4 Å². The molecular formula is C43H53ClN9O7P. The van der Waals surface area contributed by atoms with Gasteiger partial charge in [0.15, 0.2) is 5.82 Å². The van der Waals surface area contributed by atoms with Crippen LogP contribution in [-0.4, -0.2) is 92.2 Å². The Morgan fingerprint density at radius 2 is 1.62 bits per heavy atom. The molecule has 61 heavy (non-hydrogen) atoms. The van der Waals surface area contributed by atoms with Crippen molar-refractivity contribution < 1.29 is 32.7 Å². The zero-order valence-corrected chi connectivity index (χ0v) is 36.3. The molecule has 0 aliphatic carbocycles. The molecule has 3 amide bonds. The number of halogens is 1. The molecular weight excluding hydrogens is 821 g/mol. The number of nitrogens with zero attached hydrogens (tertiary/aromatic N) is 4. The summed E-state index contributed by atoms with van der Waals surface area (Å²) in [5.41, 5.74) is 4.70. The maximum absolute atomic E-state index is 13.2. The summed E-state index contributed by atoms with van der Waals surface area (Å²) >= 11 is 6.47. The first kappa shape index (κ1) is 43.8. The van der Waals surface area contributed by atoms with Crippen molar-refractivity contribution in [1.29, 1.82) is 0 Å². The monoisotopic (exact) mass is 873 g/mol. The largest absolute Gasteiger partial charge is 0.494 e. The molecule has 1 atom stereocenters. The number of methoxy groups -OCH3 is 1. The Morgan fingerprint density at radius 1 is 0.869 bits per heavy atom. The summed E-state index contributed by atoms with van der Waals surface area (Å²) in [5, 5.41) is 16.7. The van der Waals surface area contributed by atoms with E-state index in [2.05, 4.69) is 47.5 Å². The van der Waals surface area contributed by atoms with Crippen LogP contribution in [0.25, 0.3) is 0 Å². The van der Waals surface area contributed by atoms with E-state index >= 15 is 0 Å². The molecule has 0 bridgehead atoms. The van der Waals surface area contributed by atoms with Gasteiger partial charge in [-0.2, -0.15) is 4.98 Å². The maximum Gasteiger partial charge on any atom is 0.362 e. The number of imide groups is 1. The molecule has 4 aromatic rings. The standard InChI is InChI=1S/C43H53ClN9O7P/c1-58-37-25-29(15-16-34(37)49-43-47-26-32(44)40(51-43)48-35-12-6-7-14-38(35)61(57,59-2)60-3)52-23-19-28(20-24-52)45-21-8-4-5-9-22-46-33-13-10-11-30-31(33)27-53(42(30)56)36-17-18-39(54)50-41(36)55/h6-7,10-16,25-26,28,36,45-46H,4-5,8-9,17-24,27H2,1-3H3,(H,50,54,55)(H2,47,48,49,51). The first-order chi connectivity index (χ1) is 29.6. The molecule has 0 radical (unpaired) electrons. The van der Waals surface area contributed by atoms with Crippen LogP contribution < -0.4 is 41.5 Å². The number of nitrogens with one attached hydrogen (secondary N) is 5. The highest BCUT2D eigenvalue weighted by molar-refractivity contribution is 7.62. The summed E-state index contributed by atoms with van der Waals surface area (Å²) in [6, 6.07) is 18.5. The minimum atomic E-state index is -3.56. The highest BCUT2D eigenvalue weighted by atomic mass is 35.5. The van der Waals surface area contributed by atoms with E-state index in [4.69, 9.17) is 25.4 Å². The number of ether oxygens (including phenoxy) is 1. The van der Waals surface area contributed by atoms with Gasteiger partial charge >= 0.3 is 7.60 Å². The van der Waals surface area contributed by atoms with E-state index in [1.54, 1.807) is 36.3 Å². The number of aromatic nitrogens is 2. The molecule has 3 aliphatic rings. The summed E-state index contributed by atoms with van der Waals surface area (Å²) in [7, 11) is 0.737. The van der Waals surface area contributed by atoms with Crippen LogP contribution in [0.15, 0.2) is 66.9 Å². The van der Waals surface area contributed by atoms with Crippen LogP contribution in [0.2, 0.25) is 5.02 Å². The minimum absolute atomic E-state index is 0.156. The summed E-state index contributed by atoms with van der Waals surface area (Å²) in [5.74, 6) is 0.400. The second kappa shape index (κ2) is 20.1. The van der Waals surface area contributed by atoms with E-state index in [1.807, 2.05) is 30.3 Å². The molecule has 1 unspecified atom stereocenters. The Bertz CT molecular complexity index is 2270. The van der Waals surface area contributed by atoms with Gasteiger partial charge in [-0.25, -0.2) is 4.98 Å². The van der Waals surface area contributed by atoms with Gasteiger partial charge in [-0.1, -0.05) is 42.6 Å². The van der Waals surface area contributed by atoms with Crippen molar-refractivity contribution in [2.24, 2.45) is 0 Å². The normalized spacial score (nSPS) is 17.0. The van der Waals surface area contributed by atoms with Crippen molar-refractivity contribution in [1.82, 2.24) is 25.5 Å². The molecule has 2 fully saturated rings. The van der Waals surface area contributed by atoms with Crippen LogP contribution in [-0.2, 0) is 29.7 Å². The van der Waals surface area contributed by atoms with Gasteiger partial charge < -0.3 is 44.9 Å². The molecule has 2 saturated heterocycles. The Hall–Kier alpha value is -5.25. The van der Waals surface area contributed by atoms with E-state index in [-0.39, 0.29) is 29.2 Å². The van der Waals surface area contributed by atoms with E-state index in [1.165, 1.54) is 20.4 Å². The van der Waals surface area contributed by atoms with Crippen molar-refractivity contribution in [3.8, 4) is 5.75 Å². The molecule has 0 spiro atoms. The molecule has 324 valence electrons. The lowest BCUT2D eigenvalue weighted by molar-refractivity contribution is -0.136. The summed E-state index contributed by atoms with van der Waals surface area (Å²) in [4.78, 5) is 50.1. The van der Waals surface area contributed by atoms with E-state index in [0.29, 0.717) is 52.8 Å². The fraction of sp³-hybridized carbons (Fsp3) is 0.419. The molecule has 18 heteroatoms. The number of hydrogen-bond acceptors (Lipinski definition) is 14. The summed E-state index contributed by atoms with van der Waals surface area (Å²) in [6.07, 6.45) is 8.50. The second-order valence-corrected chi connectivity index (χ2v) is 17.8. The van der Waals surface area contributed by atoms with Crippen LogP contribution in [0.3, 0.4) is 0 Å². The van der Waals surface area contributed by atoms with Gasteiger partial charge in [0.05, 0.1) is 30.0 Å². The van der Waals surface area contributed by atoms with Crippen molar-refractivity contribution >= 4 is 76.7 Å². The highest BCUT2D eigenvalue weighted by Crippen LogP contribution is 2.47. The predicted molar refractivity (Wildman–Crippen MR) is 237 cm³/mol. The number of benzene rings is 3. The number of carbonyl (C=O) groups excluding carboxylic acids is 3. The van der Waals surface area contributed by atoms with Gasteiger partial charge in [-0.15, -0.1) is 0 Å². The molecule has 5 N–H and O–H groups in total. The van der Waals surface area contributed by atoms with Gasteiger partial charge in [0, 0.05) is 81.4 Å². The zero-order chi connectivity index (χ0) is 42.9. The Morgan fingerprint density at radius 3 is 2.38 bits per heavy atom. The van der Waals surface area contributed by atoms with E-state index in [0.717, 1.165) is 81.6 Å². The Kier molecular flexibility index (Phi) is 14.4. The Labute approximate surface area is 361 Å². The molecule has 3 aliphatic heterocycles. The number of amides is 3. The lowest BCUT2D eigenvalue weighted by Gasteiger charge is -2.34. The third-order valence-electron chi connectivity index (χ3n) is 11.4. The Balaban J connectivity index is 0.823. The van der Waals surface area contributed by atoms with Gasteiger partial charge in [0.1, 0.15) is 16.8 Å². The number of fused-ring (bicyclic) bond motifs is 1. The number of anilines is 6. The van der Waals surface area contributed by atoms with Gasteiger partial charge in [-0.05, 0) is 75.0 Å². The smallest absolute Gasteiger partial charge is 0.362 e. The average Bonchev–Trinajstić information content (AvgIpc) is 3.62. The number of carbonyl (C=O) groups is 3. The third-order valence-corrected chi connectivity index (χ3v) is 13.6. The zero-order valence-electron chi connectivity index (χ0n) is 34.7. The maximum atomic E-state index is 13.2. The number of rotatable bonds is 19. The number of para-hydroxylation sites is 1. The number of piperidine rings is 2. The van der Waals surface area contributed by atoms with Crippen LogP contribution >= 0.6 is 19.2 Å². The molecule has 3 aromatic carbocycles. The van der Waals surface area contributed by atoms with Crippen molar-refractivity contribution in [3.63, 3.8) is 0 Å². The quantitative estimate of drug-likeness (QED) is 0.0379. The lowest BCUT2D eigenvalue weighted by atomic mass is 10.0. The molecule has 0 saturated carbocycles. The van der Waals surface area contributed by atoms with Crippen LogP contribution in [0.5, 0.6) is 5.75 Å². The molecule has 1 aromatic heterocycles. The van der Waals surface area contributed by atoms with Crippen LogP contribution in [0, 0.1) is 0 Å². The number of hydrogen-bond donors (Lipinski definition) is 5. The summed E-state index contributed by atoms with van der Waals surface area (Å²) in [6.45, 7) is 4.00. The van der Waals surface area contributed by atoms with Crippen LogP contribution in [0.1, 0.15) is 67.3 Å². The fourth-order valence-electron chi connectivity index (χ4n) is 8.06. The van der Waals surface area contributed by atoms with E-state index in [9.17, 15) is 18.9 Å². The van der Waals surface area contributed by atoms with Crippen LogP contribution in [0.4, 0.5) is 34.5 Å². The summed E-state index contributed by atoms with van der Waals surface area (Å²) < 4.78 is 29.4. The van der Waals surface area contributed by atoms with Crippen molar-refractivity contribution in [3.05, 3.63) is 83.0 Å². The van der Waals surface area contributed by atoms with Crippen molar-refractivity contribution in [2.45, 2.75) is 70.0 Å².